The molecule has 40 heavy (non-hydrogen) atoms. The number of fused-ring (bicyclic) bond motifs is 1. The lowest BCUT2D eigenvalue weighted by Gasteiger charge is -2.12. The van der Waals surface area contributed by atoms with Crippen LogP contribution >= 0.6 is 11.8 Å². The zero-order valence-electron chi connectivity index (χ0n) is 20.8. The number of hydrogen-bond acceptors (Lipinski definition) is 7. The molecule has 0 saturated carbocycles. The van der Waals surface area contributed by atoms with Crippen molar-refractivity contribution in [1.29, 1.82) is 0 Å². The summed E-state index contributed by atoms with van der Waals surface area (Å²) in [4.78, 5) is 20.3. The molecule has 0 bridgehead atoms. The monoisotopic (exact) mass is 568 g/mol. The number of benzene rings is 3. The predicted octanol–water partition coefficient (Wildman–Crippen LogP) is 5.58. The van der Waals surface area contributed by atoms with Crippen molar-refractivity contribution in [3.63, 3.8) is 0 Å². The Morgan fingerprint density at radius 2 is 1.62 bits per heavy atom. The Bertz CT molecular complexity index is 1720. The second-order valence-corrected chi connectivity index (χ2v) is 9.21. The van der Waals surface area contributed by atoms with Crippen molar-refractivity contribution >= 4 is 34.5 Å². The van der Waals surface area contributed by atoms with Gasteiger partial charge in [0, 0.05) is 12.1 Å². The van der Waals surface area contributed by atoms with E-state index in [0.717, 1.165) is 0 Å². The van der Waals surface area contributed by atoms with Crippen molar-refractivity contribution in [2.24, 2.45) is 0 Å². The number of ether oxygens (including phenoxy) is 1. The van der Waals surface area contributed by atoms with Crippen LogP contribution in [0.15, 0.2) is 65.8 Å². The molecule has 0 aliphatic rings. The van der Waals surface area contributed by atoms with Crippen molar-refractivity contribution in [2.75, 3.05) is 18.5 Å². The fourth-order valence-electron chi connectivity index (χ4n) is 4.06. The van der Waals surface area contributed by atoms with Gasteiger partial charge in [0.2, 0.25) is 0 Å². The first kappa shape index (κ1) is 26.9. The fraction of sp³-hybridized carbons (Fsp3) is 0.111. The summed E-state index contributed by atoms with van der Waals surface area (Å²) in [5, 5.41) is 7.46. The molecule has 0 saturated heterocycles. The number of nitrogen functional groups attached to an aromatic ring is 1. The number of halogens is 4. The first-order valence-corrected chi connectivity index (χ1v) is 13.0. The lowest BCUT2D eigenvalue weighted by Crippen LogP contribution is -2.29. The van der Waals surface area contributed by atoms with Crippen LogP contribution in [-0.2, 0) is 6.54 Å². The van der Waals surface area contributed by atoms with Crippen LogP contribution < -0.4 is 15.8 Å². The Morgan fingerprint density at radius 3 is 2.33 bits per heavy atom. The maximum Gasteiger partial charge on any atom is 0.255 e. The van der Waals surface area contributed by atoms with E-state index in [1.165, 1.54) is 17.3 Å². The number of aromatic nitrogens is 4. The summed E-state index contributed by atoms with van der Waals surface area (Å²) < 4.78 is 63.2. The lowest BCUT2D eigenvalue weighted by atomic mass is 10.1. The SMILES string of the molecule is CSc1c(F)c(F)c(F)c(F)c1C(=O)NCCn1nc(-c2ccc(Oc3ccccc3)cc2)c2c(N)ncnc21. The van der Waals surface area contributed by atoms with Crippen LogP contribution in [0.4, 0.5) is 23.4 Å². The van der Waals surface area contributed by atoms with Crippen molar-refractivity contribution in [2.45, 2.75) is 11.4 Å². The Labute approximate surface area is 229 Å². The highest BCUT2D eigenvalue weighted by Crippen LogP contribution is 2.33. The lowest BCUT2D eigenvalue weighted by molar-refractivity contribution is 0.0942. The zero-order chi connectivity index (χ0) is 28.4. The predicted molar refractivity (Wildman–Crippen MR) is 142 cm³/mol. The molecule has 0 aliphatic heterocycles. The van der Waals surface area contributed by atoms with Crippen molar-refractivity contribution in [1.82, 2.24) is 25.1 Å². The Balaban J connectivity index is 1.38. The number of amides is 1. The smallest absolute Gasteiger partial charge is 0.255 e. The molecule has 2 aromatic heterocycles. The number of nitrogens with two attached hydrogens (primary N) is 1. The number of carbonyl (C=O) groups is 1. The normalized spacial score (nSPS) is 11.1. The molecule has 0 spiro atoms. The second-order valence-electron chi connectivity index (χ2n) is 8.39. The zero-order valence-corrected chi connectivity index (χ0v) is 21.6. The van der Waals surface area contributed by atoms with Gasteiger partial charge in [0.1, 0.15) is 29.3 Å². The average Bonchev–Trinajstić information content (AvgIpc) is 3.34. The third-order valence-corrected chi connectivity index (χ3v) is 6.72. The molecule has 1 amide bonds. The van der Waals surface area contributed by atoms with Crippen LogP contribution in [0.2, 0.25) is 0 Å². The van der Waals surface area contributed by atoms with Gasteiger partial charge >= 0.3 is 0 Å². The minimum Gasteiger partial charge on any atom is -0.457 e. The number of thioether (sulfide) groups is 1. The van der Waals surface area contributed by atoms with Gasteiger partial charge in [-0.25, -0.2) is 32.2 Å². The van der Waals surface area contributed by atoms with E-state index < -0.39 is 39.6 Å². The Morgan fingerprint density at radius 1 is 0.950 bits per heavy atom. The molecular formula is C27H20F4N6O2S. The van der Waals surface area contributed by atoms with Gasteiger partial charge in [-0.3, -0.25) is 4.79 Å². The molecule has 2 heterocycles. The first-order valence-electron chi connectivity index (χ1n) is 11.8. The molecule has 13 heteroatoms. The maximum atomic E-state index is 14.4. The summed E-state index contributed by atoms with van der Waals surface area (Å²) in [6.07, 6.45) is 2.58. The summed E-state index contributed by atoms with van der Waals surface area (Å²) in [5.41, 5.74) is 6.76. The van der Waals surface area contributed by atoms with E-state index >= 15 is 0 Å². The molecule has 0 aliphatic carbocycles. The van der Waals surface area contributed by atoms with E-state index in [-0.39, 0.29) is 18.9 Å². The van der Waals surface area contributed by atoms with E-state index in [9.17, 15) is 22.4 Å². The molecule has 5 aromatic rings. The van der Waals surface area contributed by atoms with E-state index in [1.807, 2.05) is 30.3 Å². The summed E-state index contributed by atoms with van der Waals surface area (Å²) in [6, 6.07) is 16.4. The number of nitrogens with one attached hydrogen (secondary N) is 1. The Hall–Kier alpha value is -4.65. The summed E-state index contributed by atoms with van der Waals surface area (Å²) in [7, 11) is 0. The second kappa shape index (κ2) is 11.2. The first-order chi connectivity index (χ1) is 19.3. The minimum atomic E-state index is -2.06. The molecule has 3 aromatic carbocycles. The fourth-order valence-corrected chi connectivity index (χ4v) is 4.72. The van der Waals surface area contributed by atoms with Crippen molar-refractivity contribution in [3.8, 4) is 22.8 Å². The van der Waals surface area contributed by atoms with Gasteiger partial charge in [0.15, 0.2) is 28.9 Å². The molecular weight excluding hydrogens is 548 g/mol. The van der Waals surface area contributed by atoms with Gasteiger partial charge in [-0.2, -0.15) is 5.10 Å². The van der Waals surface area contributed by atoms with Gasteiger partial charge in [-0.1, -0.05) is 18.2 Å². The van der Waals surface area contributed by atoms with E-state index in [2.05, 4.69) is 20.4 Å². The quantitative estimate of drug-likeness (QED) is 0.109. The molecule has 5 rings (SSSR count). The highest BCUT2D eigenvalue weighted by molar-refractivity contribution is 7.98. The summed E-state index contributed by atoms with van der Waals surface area (Å²) in [5.74, 6) is -7.08. The van der Waals surface area contributed by atoms with Crippen LogP contribution in [0.1, 0.15) is 10.4 Å². The van der Waals surface area contributed by atoms with Crippen LogP contribution in [-0.4, -0.2) is 38.5 Å². The van der Waals surface area contributed by atoms with Gasteiger partial charge in [-0.05, 0) is 42.7 Å². The number of anilines is 1. The highest BCUT2D eigenvalue weighted by Gasteiger charge is 2.29. The molecule has 8 nitrogen and oxygen atoms in total. The summed E-state index contributed by atoms with van der Waals surface area (Å²) in [6.45, 7) is -0.0903. The number of rotatable bonds is 8. The van der Waals surface area contributed by atoms with Gasteiger partial charge < -0.3 is 15.8 Å². The van der Waals surface area contributed by atoms with Crippen LogP contribution in [0.3, 0.4) is 0 Å². The van der Waals surface area contributed by atoms with Gasteiger partial charge in [-0.15, -0.1) is 11.8 Å². The number of hydrogen-bond donors (Lipinski definition) is 2. The van der Waals surface area contributed by atoms with Gasteiger partial charge in [0.25, 0.3) is 5.91 Å². The van der Waals surface area contributed by atoms with Crippen molar-refractivity contribution in [3.05, 3.63) is 89.8 Å². The van der Waals surface area contributed by atoms with E-state index in [4.69, 9.17) is 10.5 Å². The largest absolute Gasteiger partial charge is 0.457 e. The number of para-hydroxylation sites is 1. The molecule has 0 fully saturated rings. The molecule has 204 valence electrons. The number of nitrogens with zero attached hydrogens (tertiary/aromatic N) is 4. The maximum absolute atomic E-state index is 14.4. The standard InChI is InChI=1S/C27H20F4N6O2S/c1-40-24-17(19(28)20(29)21(30)22(24)31)27(38)33-11-12-37-26-18(25(32)34-13-35-26)23(36-37)14-7-9-16(10-8-14)39-15-5-3-2-4-6-15/h2-10,13H,11-12H2,1H3,(H,33,38)(H2,32,34,35). The van der Waals surface area contributed by atoms with Crippen LogP contribution in [0.25, 0.3) is 22.3 Å². The third-order valence-electron chi connectivity index (χ3n) is 5.93. The minimum absolute atomic E-state index is 0.0380. The molecule has 0 unspecified atom stereocenters. The molecule has 0 radical (unpaired) electrons. The van der Waals surface area contributed by atoms with E-state index in [0.29, 0.717) is 45.6 Å². The number of carbonyl (C=O) groups excluding carboxylic acids is 1. The topological polar surface area (TPSA) is 108 Å². The van der Waals surface area contributed by atoms with E-state index in [1.54, 1.807) is 24.3 Å². The molecule has 0 atom stereocenters. The average molecular weight is 569 g/mol. The Kier molecular flexibility index (Phi) is 7.56. The van der Waals surface area contributed by atoms with Crippen LogP contribution in [0.5, 0.6) is 11.5 Å². The van der Waals surface area contributed by atoms with Gasteiger partial charge in [0.05, 0.1) is 22.4 Å². The summed E-state index contributed by atoms with van der Waals surface area (Å²) >= 11 is 0.583. The highest BCUT2D eigenvalue weighted by atomic mass is 32.2. The van der Waals surface area contributed by atoms with Crippen molar-refractivity contribution < 1.29 is 27.1 Å². The third kappa shape index (κ3) is 5.02. The van der Waals surface area contributed by atoms with Crippen LogP contribution in [0, 0.1) is 23.3 Å². The molecule has 3 N–H and O–H groups in total.